The van der Waals surface area contributed by atoms with Crippen LogP contribution in [-0.4, -0.2) is 12.6 Å². The van der Waals surface area contributed by atoms with Gasteiger partial charge in [-0.15, -0.1) is 0 Å². The summed E-state index contributed by atoms with van der Waals surface area (Å²) in [6.45, 7) is 1.48. The molecule has 0 aromatic heterocycles. The summed E-state index contributed by atoms with van der Waals surface area (Å²) in [5.74, 6) is 0. The lowest BCUT2D eigenvalue weighted by Gasteiger charge is -2.22. The highest BCUT2D eigenvalue weighted by Gasteiger charge is 2.13. The second-order valence-corrected chi connectivity index (χ2v) is 4.93. The molecule has 2 nitrogen and oxygen atoms in total. The smallest absolute Gasteiger partial charge is 0.0720 e. The molecular formula is C15H23NO. The first-order valence-electron chi connectivity index (χ1n) is 6.78. The van der Waals surface area contributed by atoms with Crippen molar-refractivity contribution in [2.24, 2.45) is 5.73 Å². The van der Waals surface area contributed by atoms with E-state index < -0.39 is 0 Å². The van der Waals surface area contributed by atoms with Crippen molar-refractivity contribution in [2.45, 2.75) is 51.2 Å². The minimum Gasteiger partial charge on any atom is -0.374 e. The van der Waals surface area contributed by atoms with Gasteiger partial charge in [0, 0.05) is 0 Å². The number of hydrogen-bond donors (Lipinski definition) is 1. The van der Waals surface area contributed by atoms with Gasteiger partial charge in [-0.25, -0.2) is 0 Å². The average molecular weight is 233 g/mol. The van der Waals surface area contributed by atoms with E-state index in [1.54, 1.807) is 0 Å². The Bertz CT molecular complexity index is 314. The highest BCUT2D eigenvalue weighted by molar-refractivity contribution is 5.22. The monoisotopic (exact) mass is 233 g/mol. The number of ether oxygens (including phenoxy) is 1. The molecule has 1 aromatic carbocycles. The van der Waals surface area contributed by atoms with E-state index in [1.165, 1.54) is 43.2 Å². The van der Waals surface area contributed by atoms with Crippen LogP contribution in [0.1, 0.15) is 43.2 Å². The lowest BCUT2D eigenvalue weighted by molar-refractivity contribution is 0.0169. The van der Waals surface area contributed by atoms with Gasteiger partial charge in [-0.2, -0.15) is 0 Å². The number of benzene rings is 1. The van der Waals surface area contributed by atoms with Crippen molar-refractivity contribution in [3.63, 3.8) is 0 Å². The third kappa shape index (κ3) is 4.14. The summed E-state index contributed by atoms with van der Waals surface area (Å²) in [6.07, 6.45) is 7.99. The van der Waals surface area contributed by atoms with Gasteiger partial charge in [0.05, 0.1) is 12.7 Å². The van der Waals surface area contributed by atoms with Crippen LogP contribution >= 0.6 is 0 Å². The van der Waals surface area contributed by atoms with Gasteiger partial charge in [0.15, 0.2) is 0 Å². The molecule has 1 aromatic rings. The van der Waals surface area contributed by atoms with E-state index in [0.717, 1.165) is 19.6 Å². The van der Waals surface area contributed by atoms with Crippen LogP contribution in [0, 0.1) is 0 Å². The second kappa shape index (κ2) is 6.77. The van der Waals surface area contributed by atoms with E-state index >= 15 is 0 Å². The predicted octanol–water partition coefficient (Wildman–Crippen LogP) is 3.04. The normalized spacial score (nSPS) is 17.2. The SMILES string of the molecule is NCCc1ccc(COC2CCCCC2)cc1. The molecule has 1 aliphatic carbocycles. The molecule has 0 radical (unpaired) electrons. The van der Waals surface area contributed by atoms with Crippen molar-refractivity contribution >= 4 is 0 Å². The second-order valence-electron chi connectivity index (χ2n) is 4.93. The molecule has 0 aliphatic heterocycles. The Kier molecular flexibility index (Phi) is 5.02. The van der Waals surface area contributed by atoms with E-state index in [1.807, 2.05) is 0 Å². The standard InChI is InChI=1S/C15H23NO/c16-11-10-13-6-8-14(9-7-13)12-17-15-4-2-1-3-5-15/h6-9,15H,1-5,10-12,16H2. The lowest BCUT2D eigenvalue weighted by atomic mass is 9.98. The average Bonchev–Trinajstić information content (AvgIpc) is 2.40. The summed E-state index contributed by atoms with van der Waals surface area (Å²) in [5.41, 5.74) is 8.12. The van der Waals surface area contributed by atoms with E-state index in [-0.39, 0.29) is 0 Å². The van der Waals surface area contributed by atoms with Gasteiger partial charge in [-0.05, 0) is 36.9 Å². The summed E-state index contributed by atoms with van der Waals surface area (Å²) >= 11 is 0. The van der Waals surface area contributed by atoms with Gasteiger partial charge < -0.3 is 10.5 Å². The molecule has 0 bridgehead atoms. The van der Waals surface area contributed by atoms with Gasteiger partial charge >= 0.3 is 0 Å². The first-order valence-corrected chi connectivity index (χ1v) is 6.78. The summed E-state index contributed by atoms with van der Waals surface area (Å²) < 4.78 is 5.94. The fourth-order valence-corrected chi connectivity index (χ4v) is 2.41. The van der Waals surface area contributed by atoms with Crippen LogP contribution in [0.2, 0.25) is 0 Å². The maximum atomic E-state index is 5.94. The molecule has 1 fully saturated rings. The molecule has 1 aliphatic rings. The van der Waals surface area contributed by atoms with Crippen LogP contribution in [0.15, 0.2) is 24.3 Å². The Morgan fingerprint density at radius 1 is 1.00 bits per heavy atom. The van der Waals surface area contributed by atoms with Crippen molar-refractivity contribution in [3.8, 4) is 0 Å². The predicted molar refractivity (Wildman–Crippen MR) is 70.9 cm³/mol. The molecule has 0 saturated heterocycles. The van der Waals surface area contributed by atoms with Crippen molar-refractivity contribution in [3.05, 3.63) is 35.4 Å². The minimum absolute atomic E-state index is 0.493. The number of hydrogen-bond acceptors (Lipinski definition) is 2. The molecular weight excluding hydrogens is 210 g/mol. The van der Waals surface area contributed by atoms with E-state index in [9.17, 15) is 0 Å². The molecule has 0 amide bonds. The fraction of sp³-hybridized carbons (Fsp3) is 0.600. The zero-order valence-corrected chi connectivity index (χ0v) is 10.5. The first kappa shape index (κ1) is 12.6. The van der Waals surface area contributed by atoms with E-state index in [4.69, 9.17) is 10.5 Å². The van der Waals surface area contributed by atoms with Crippen LogP contribution in [0.25, 0.3) is 0 Å². The number of rotatable bonds is 5. The van der Waals surface area contributed by atoms with Crippen LogP contribution < -0.4 is 5.73 Å². The summed E-state index contributed by atoms with van der Waals surface area (Å²) in [6, 6.07) is 8.64. The van der Waals surface area contributed by atoms with Crippen LogP contribution in [-0.2, 0) is 17.8 Å². The molecule has 2 N–H and O–H groups in total. The zero-order valence-electron chi connectivity index (χ0n) is 10.5. The Labute approximate surface area is 104 Å². The maximum Gasteiger partial charge on any atom is 0.0720 e. The van der Waals surface area contributed by atoms with Crippen LogP contribution in [0.3, 0.4) is 0 Å². The molecule has 0 heterocycles. The summed E-state index contributed by atoms with van der Waals surface area (Å²) in [4.78, 5) is 0. The van der Waals surface area contributed by atoms with Crippen LogP contribution in [0.5, 0.6) is 0 Å². The van der Waals surface area contributed by atoms with Gasteiger partial charge in [-0.1, -0.05) is 43.5 Å². The molecule has 1 saturated carbocycles. The Hall–Kier alpha value is -0.860. The Morgan fingerprint density at radius 3 is 2.29 bits per heavy atom. The fourth-order valence-electron chi connectivity index (χ4n) is 2.41. The molecule has 0 spiro atoms. The molecule has 0 atom stereocenters. The minimum atomic E-state index is 0.493. The Morgan fingerprint density at radius 2 is 1.65 bits per heavy atom. The topological polar surface area (TPSA) is 35.2 Å². The molecule has 17 heavy (non-hydrogen) atoms. The van der Waals surface area contributed by atoms with E-state index in [0.29, 0.717) is 6.10 Å². The number of nitrogens with two attached hydrogens (primary N) is 1. The van der Waals surface area contributed by atoms with Gasteiger partial charge in [0.25, 0.3) is 0 Å². The molecule has 94 valence electrons. The Balaban J connectivity index is 1.77. The molecule has 2 rings (SSSR count). The van der Waals surface area contributed by atoms with Crippen molar-refractivity contribution in [1.29, 1.82) is 0 Å². The third-order valence-corrected chi connectivity index (χ3v) is 3.49. The van der Waals surface area contributed by atoms with Crippen molar-refractivity contribution in [1.82, 2.24) is 0 Å². The van der Waals surface area contributed by atoms with Gasteiger partial charge in [0.1, 0.15) is 0 Å². The summed E-state index contributed by atoms with van der Waals surface area (Å²) in [7, 11) is 0. The van der Waals surface area contributed by atoms with Crippen molar-refractivity contribution in [2.75, 3.05) is 6.54 Å². The van der Waals surface area contributed by atoms with Crippen LogP contribution in [0.4, 0.5) is 0 Å². The third-order valence-electron chi connectivity index (χ3n) is 3.49. The van der Waals surface area contributed by atoms with Crippen molar-refractivity contribution < 1.29 is 4.74 Å². The van der Waals surface area contributed by atoms with Gasteiger partial charge in [-0.3, -0.25) is 0 Å². The molecule has 0 unspecified atom stereocenters. The highest BCUT2D eigenvalue weighted by Crippen LogP contribution is 2.21. The van der Waals surface area contributed by atoms with Gasteiger partial charge in [0.2, 0.25) is 0 Å². The van der Waals surface area contributed by atoms with E-state index in [2.05, 4.69) is 24.3 Å². The quantitative estimate of drug-likeness (QED) is 0.848. The summed E-state index contributed by atoms with van der Waals surface area (Å²) in [5, 5.41) is 0. The maximum absolute atomic E-state index is 5.94. The lowest BCUT2D eigenvalue weighted by Crippen LogP contribution is -2.16. The zero-order chi connectivity index (χ0) is 11.9. The largest absolute Gasteiger partial charge is 0.374 e. The highest BCUT2D eigenvalue weighted by atomic mass is 16.5. The first-order chi connectivity index (χ1) is 8.38. The molecule has 2 heteroatoms.